The molecule has 2 aromatic carbocycles. The van der Waals surface area contributed by atoms with E-state index in [0.717, 1.165) is 5.56 Å². The fourth-order valence-electron chi connectivity index (χ4n) is 2.29. The van der Waals surface area contributed by atoms with E-state index >= 15 is 0 Å². The highest BCUT2D eigenvalue weighted by Crippen LogP contribution is 2.34. The van der Waals surface area contributed by atoms with Crippen LogP contribution in [0.1, 0.15) is 22.0 Å². The fraction of sp³-hybridized carbons (Fsp3) is 0.0667. The Balaban J connectivity index is 2.05. The topological polar surface area (TPSA) is 78.4 Å². The second kappa shape index (κ2) is 4.70. The van der Waals surface area contributed by atoms with Crippen LogP contribution in [-0.4, -0.2) is 17.0 Å². The fourth-order valence-corrected chi connectivity index (χ4v) is 2.29. The molecule has 0 bridgehead atoms. The molecule has 2 aromatic rings. The molecule has 1 amide bonds. The molecule has 1 aliphatic rings. The molecule has 5 heteroatoms. The number of hydrogen-bond acceptors (Lipinski definition) is 3. The predicted molar refractivity (Wildman–Crippen MR) is 74.8 cm³/mol. The van der Waals surface area contributed by atoms with Crippen LogP contribution in [0.15, 0.2) is 48.5 Å². The smallest absolute Gasteiger partial charge is 0.337 e. The zero-order valence-corrected chi connectivity index (χ0v) is 10.5. The zero-order chi connectivity index (χ0) is 14.1. The lowest BCUT2D eigenvalue weighted by molar-refractivity contribution is -0.117. The first-order chi connectivity index (χ1) is 9.66. The number of amides is 1. The van der Waals surface area contributed by atoms with E-state index in [1.54, 1.807) is 12.1 Å². The summed E-state index contributed by atoms with van der Waals surface area (Å²) in [6.07, 6.45) is 0. The van der Waals surface area contributed by atoms with E-state index in [-0.39, 0.29) is 11.5 Å². The van der Waals surface area contributed by atoms with Gasteiger partial charge in [-0.25, -0.2) is 4.79 Å². The number of rotatable bonds is 2. The molecule has 3 rings (SSSR count). The van der Waals surface area contributed by atoms with Gasteiger partial charge in [0.2, 0.25) is 0 Å². The van der Waals surface area contributed by atoms with Crippen molar-refractivity contribution in [1.29, 1.82) is 0 Å². The highest BCUT2D eigenvalue weighted by Gasteiger charge is 2.29. The van der Waals surface area contributed by atoms with E-state index in [0.29, 0.717) is 11.4 Å². The van der Waals surface area contributed by atoms with Crippen LogP contribution in [0.5, 0.6) is 0 Å². The first-order valence-corrected chi connectivity index (χ1v) is 6.15. The molecule has 0 saturated carbocycles. The molecule has 1 heterocycles. The average molecular weight is 268 g/mol. The lowest BCUT2D eigenvalue weighted by Gasteiger charge is -2.28. The van der Waals surface area contributed by atoms with Gasteiger partial charge in [0.1, 0.15) is 6.04 Å². The Kier molecular flexibility index (Phi) is 2.87. The van der Waals surface area contributed by atoms with Crippen molar-refractivity contribution in [2.75, 3.05) is 10.6 Å². The van der Waals surface area contributed by atoms with Crippen molar-refractivity contribution < 1.29 is 14.7 Å². The van der Waals surface area contributed by atoms with Crippen LogP contribution in [0, 0.1) is 0 Å². The van der Waals surface area contributed by atoms with Crippen molar-refractivity contribution in [1.82, 2.24) is 0 Å². The summed E-state index contributed by atoms with van der Waals surface area (Å²) in [7, 11) is 0. The predicted octanol–water partition coefficient (Wildman–Crippen LogP) is 2.49. The van der Waals surface area contributed by atoms with Gasteiger partial charge in [0.15, 0.2) is 0 Å². The molecule has 0 saturated heterocycles. The number of anilines is 2. The second-order valence-electron chi connectivity index (χ2n) is 4.51. The largest absolute Gasteiger partial charge is 0.478 e. The third-order valence-corrected chi connectivity index (χ3v) is 3.24. The third kappa shape index (κ3) is 1.99. The van der Waals surface area contributed by atoms with E-state index in [4.69, 9.17) is 0 Å². The molecular formula is C15H12N2O3. The molecule has 1 unspecified atom stereocenters. The van der Waals surface area contributed by atoms with Crippen molar-refractivity contribution in [2.45, 2.75) is 6.04 Å². The summed E-state index contributed by atoms with van der Waals surface area (Å²) in [6.45, 7) is 0. The van der Waals surface area contributed by atoms with Gasteiger partial charge in [-0.05, 0) is 17.7 Å². The number of carbonyl (C=O) groups is 2. The summed E-state index contributed by atoms with van der Waals surface area (Å²) in [5.41, 5.74) is 1.86. The summed E-state index contributed by atoms with van der Waals surface area (Å²) in [4.78, 5) is 23.4. The summed E-state index contributed by atoms with van der Waals surface area (Å²) in [6, 6.07) is 13.4. The lowest BCUT2D eigenvalue weighted by Crippen LogP contribution is -2.32. The van der Waals surface area contributed by atoms with Gasteiger partial charge in [-0.1, -0.05) is 36.4 Å². The molecule has 1 aliphatic heterocycles. The van der Waals surface area contributed by atoms with E-state index < -0.39 is 12.0 Å². The van der Waals surface area contributed by atoms with Crippen molar-refractivity contribution in [2.24, 2.45) is 0 Å². The number of carbonyl (C=O) groups excluding carboxylic acids is 1. The molecule has 3 N–H and O–H groups in total. The van der Waals surface area contributed by atoms with Gasteiger partial charge >= 0.3 is 5.97 Å². The normalized spacial score (nSPS) is 16.8. The van der Waals surface area contributed by atoms with Gasteiger partial charge in [0, 0.05) is 0 Å². The second-order valence-corrected chi connectivity index (χ2v) is 4.51. The molecular weight excluding hydrogens is 256 g/mol. The minimum absolute atomic E-state index is 0.142. The lowest BCUT2D eigenvalue weighted by atomic mass is 10.0. The highest BCUT2D eigenvalue weighted by atomic mass is 16.4. The maximum absolute atomic E-state index is 12.1. The van der Waals surface area contributed by atoms with Crippen molar-refractivity contribution in [3.8, 4) is 0 Å². The summed E-state index contributed by atoms with van der Waals surface area (Å²) in [5.74, 6) is -1.23. The van der Waals surface area contributed by atoms with Crippen LogP contribution in [0.3, 0.4) is 0 Å². The first-order valence-electron chi connectivity index (χ1n) is 6.15. The van der Waals surface area contributed by atoms with Gasteiger partial charge in [-0.2, -0.15) is 0 Å². The Labute approximate surface area is 115 Å². The number of nitrogens with one attached hydrogen (secondary N) is 2. The number of hydrogen-bond donors (Lipinski definition) is 3. The van der Waals surface area contributed by atoms with E-state index in [9.17, 15) is 14.7 Å². The minimum Gasteiger partial charge on any atom is -0.478 e. The Morgan fingerprint density at radius 3 is 2.50 bits per heavy atom. The van der Waals surface area contributed by atoms with Crippen LogP contribution in [0.4, 0.5) is 11.4 Å². The highest BCUT2D eigenvalue weighted by molar-refractivity contribution is 6.08. The zero-order valence-electron chi connectivity index (χ0n) is 10.5. The molecule has 0 fully saturated rings. The first kappa shape index (κ1) is 12.2. The molecule has 5 nitrogen and oxygen atoms in total. The molecule has 0 spiro atoms. The SMILES string of the molecule is O=C(O)c1cccc2c1NC(c1ccccc1)C(=O)N2. The van der Waals surface area contributed by atoms with Crippen LogP contribution in [0.25, 0.3) is 0 Å². The summed E-state index contributed by atoms with van der Waals surface area (Å²) < 4.78 is 0. The monoisotopic (exact) mass is 268 g/mol. The standard InChI is InChI=1S/C15H12N2O3/c18-14-12(9-5-2-1-3-6-9)17-13-10(15(19)20)7-4-8-11(13)16-14/h1-8,12,17H,(H,16,18)(H,19,20). The van der Waals surface area contributed by atoms with Crippen molar-refractivity contribution in [3.63, 3.8) is 0 Å². The van der Waals surface area contributed by atoms with E-state index in [1.165, 1.54) is 6.07 Å². The molecule has 1 atom stereocenters. The number of carboxylic acids is 1. The van der Waals surface area contributed by atoms with Crippen LogP contribution in [-0.2, 0) is 4.79 Å². The quantitative estimate of drug-likeness (QED) is 0.782. The Bertz CT molecular complexity index is 683. The van der Waals surface area contributed by atoms with Crippen LogP contribution in [0.2, 0.25) is 0 Å². The van der Waals surface area contributed by atoms with Crippen molar-refractivity contribution >= 4 is 23.3 Å². The Hall–Kier alpha value is -2.82. The van der Waals surface area contributed by atoms with Gasteiger partial charge in [-0.15, -0.1) is 0 Å². The Morgan fingerprint density at radius 1 is 1.05 bits per heavy atom. The van der Waals surface area contributed by atoms with Gasteiger partial charge < -0.3 is 15.7 Å². The maximum atomic E-state index is 12.1. The van der Waals surface area contributed by atoms with Crippen molar-refractivity contribution in [3.05, 3.63) is 59.7 Å². The van der Waals surface area contributed by atoms with Gasteiger partial charge in [0.25, 0.3) is 5.91 Å². The van der Waals surface area contributed by atoms with Crippen LogP contribution >= 0.6 is 0 Å². The van der Waals surface area contributed by atoms with E-state index in [1.807, 2.05) is 30.3 Å². The van der Waals surface area contributed by atoms with Gasteiger partial charge in [-0.3, -0.25) is 4.79 Å². The number of benzene rings is 2. The van der Waals surface area contributed by atoms with Gasteiger partial charge in [0.05, 0.1) is 16.9 Å². The molecule has 0 aliphatic carbocycles. The molecule has 100 valence electrons. The molecule has 20 heavy (non-hydrogen) atoms. The Morgan fingerprint density at radius 2 is 1.80 bits per heavy atom. The summed E-state index contributed by atoms with van der Waals surface area (Å²) >= 11 is 0. The maximum Gasteiger partial charge on any atom is 0.337 e. The number of aromatic carboxylic acids is 1. The van der Waals surface area contributed by atoms with E-state index in [2.05, 4.69) is 10.6 Å². The number of para-hydroxylation sites is 1. The number of carboxylic acid groups (broad SMARTS) is 1. The summed E-state index contributed by atoms with van der Waals surface area (Å²) in [5, 5.41) is 15.0. The van der Waals surface area contributed by atoms with Crippen LogP contribution < -0.4 is 10.6 Å². The minimum atomic E-state index is -1.03. The number of fused-ring (bicyclic) bond motifs is 1. The average Bonchev–Trinajstić information content (AvgIpc) is 2.46. The molecule has 0 aromatic heterocycles. The molecule has 0 radical (unpaired) electrons. The third-order valence-electron chi connectivity index (χ3n) is 3.24.